The van der Waals surface area contributed by atoms with Crippen LogP contribution in [0.2, 0.25) is 0 Å². The van der Waals surface area contributed by atoms with Crippen LogP contribution in [0.1, 0.15) is 17.6 Å². The van der Waals surface area contributed by atoms with E-state index >= 15 is 0 Å². The Bertz CT molecular complexity index is 707. The van der Waals surface area contributed by atoms with Crippen LogP contribution in [-0.4, -0.2) is 25.0 Å². The van der Waals surface area contributed by atoms with E-state index in [9.17, 15) is 0 Å². The maximum Gasteiger partial charge on any atom is 0.226 e. The maximum atomic E-state index is 5.36. The lowest BCUT2D eigenvalue weighted by molar-refractivity contribution is 0.485. The molecule has 102 valence electrons. The zero-order valence-electron chi connectivity index (χ0n) is 11.1. The molecule has 0 amide bonds. The molecular weight excluding hydrogens is 274 g/mol. The molecule has 0 atom stereocenters. The van der Waals surface area contributed by atoms with Crippen LogP contribution in [-0.2, 0) is 5.75 Å². The molecule has 0 aliphatic heterocycles. The second-order valence-corrected chi connectivity index (χ2v) is 5.15. The topological polar surface area (TPSA) is 69.6 Å². The average Bonchev–Trinajstić information content (AvgIpc) is 3.03. The van der Waals surface area contributed by atoms with Gasteiger partial charge < -0.3 is 4.42 Å². The monoisotopic (exact) mass is 287 g/mol. The Morgan fingerprint density at radius 1 is 1.05 bits per heavy atom. The summed E-state index contributed by atoms with van der Waals surface area (Å²) in [6.45, 7) is 3.71. The first kappa shape index (κ1) is 12.9. The number of nitrogens with zero attached hydrogens (tertiary/aromatic N) is 5. The van der Waals surface area contributed by atoms with Crippen molar-refractivity contribution in [1.29, 1.82) is 0 Å². The second kappa shape index (κ2) is 5.46. The predicted octanol–water partition coefficient (Wildman–Crippen LogP) is 2.56. The molecular formula is C13H13N5OS. The third-order valence-electron chi connectivity index (χ3n) is 2.70. The molecule has 0 aliphatic carbocycles. The van der Waals surface area contributed by atoms with Crippen LogP contribution < -0.4 is 0 Å². The summed E-state index contributed by atoms with van der Waals surface area (Å²) in [5, 5.41) is 16.9. The largest absolute Gasteiger partial charge is 0.425 e. The summed E-state index contributed by atoms with van der Waals surface area (Å²) in [5.74, 6) is 2.58. The van der Waals surface area contributed by atoms with Gasteiger partial charge in [0.05, 0.1) is 5.75 Å². The second-order valence-electron chi connectivity index (χ2n) is 4.20. The summed E-state index contributed by atoms with van der Waals surface area (Å²) in [6, 6.07) is 10.0. The lowest BCUT2D eigenvalue weighted by atomic mass is 10.3. The number of para-hydroxylation sites is 1. The highest BCUT2D eigenvalue weighted by Crippen LogP contribution is 2.24. The molecule has 0 unspecified atom stereocenters. The number of rotatable bonds is 4. The van der Waals surface area contributed by atoms with Crippen LogP contribution in [0.15, 0.2) is 39.9 Å². The lowest BCUT2D eigenvalue weighted by Crippen LogP contribution is -1.98. The molecule has 0 aliphatic rings. The number of hydrogen-bond donors (Lipinski definition) is 0. The minimum atomic E-state index is 0.571. The molecule has 0 N–H and O–H groups in total. The standard InChI is InChI=1S/C13H13N5OS/c1-9-14-17-13(18(9)11-6-4-3-5-7-11)20-8-12-16-15-10(2)19-12/h3-7H,8H2,1-2H3. The highest BCUT2D eigenvalue weighted by molar-refractivity contribution is 7.98. The van der Waals surface area contributed by atoms with Crippen molar-refractivity contribution < 1.29 is 4.42 Å². The van der Waals surface area contributed by atoms with Gasteiger partial charge in [-0.1, -0.05) is 30.0 Å². The summed E-state index contributed by atoms with van der Waals surface area (Å²) in [7, 11) is 0. The zero-order chi connectivity index (χ0) is 13.9. The number of benzene rings is 1. The van der Waals surface area contributed by atoms with E-state index in [2.05, 4.69) is 20.4 Å². The van der Waals surface area contributed by atoms with E-state index in [4.69, 9.17) is 4.42 Å². The van der Waals surface area contributed by atoms with E-state index in [0.717, 1.165) is 16.7 Å². The molecule has 6 nitrogen and oxygen atoms in total. The number of aromatic nitrogens is 5. The molecule has 1 aromatic carbocycles. The molecule has 0 bridgehead atoms. The SMILES string of the molecule is Cc1nnc(CSc2nnc(C)n2-c2ccccc2)o1. The molecule has 0 fully saturated rings. The van der Waals surface area contributed by atoms with Crippen molar-refractivity contribution in [1.82, 2.24) is 25.0 Å². The van der Waals surface area contributed by atoms with Crippen LogP contribution in [0.25, 0.3) is 5.69 Å². The van der Waals surface area contributed by atoms with Crippen molar-refractivity contribution in [3.8, 4) is 5.69 Å². The Kier molecular flexibility index (Phi) is 3.51. The van der Waals surface area contributed by atoms with Crippen molar-refractivity contribution in [2.24, 2.45) is 0 Å². The van der Waals surface area contributed by atoms with E-state index in [1.165, 1.54) is 11.8 Å². The molecule has 20 heavy (non-hydrogen) atoms. The molecule has 2 aromatic heterocycles. The van der Waals surface area contributed by atoms with E-state index in [0.29, 0.717) is 17.5 Å². The van der Waals surface area contributed by atoms with Crippen LogP contribution in [0.5, 0.6) is 0 Å². The molecule has 0 saturated carbocycles. The quantitative estimate of drug-likeness (QED) is 0.687. The fourth-order valence-electron chi connectivity index (χ4n) is 1.83. The minimum absolute atomic E-state index is 0.571. The van der Waals surface area contributed by atoms with Crippen molar-refractivity contribution in [3.05, 3.63) is 47.9 Å². The van der Waals surface area contributed by atoms with Gasteiger partial charge in [-0.3, -0.25) is 4.57 Å². The molecule has 0 spiro atoms. The fourth-order valence-corrected chi connectivity index (χ4v) is 2.67. The van der Waals surface area contributed by atoms with Gasteiger partial charge in [0.1, 0.15) is 5.82 Å². The molecule has 3 aromatic rings. The third kappa shape index (κ3) is 2.57. The van der Waals surface area contributed by atoms with E-state index in [1.54, 1.807) is 6.92 Å². The van der Waals surface area contributed by atoms with Gasteiger partial charge in [0.15, 0.2) is 5.16 Å². The molecule has 7 heteroatoms. The van der Waals surface area contributed by atoms with Gasteiger partial charge in [-0.2, -0.15) is 0 Å². The maximum absolute atomic E-state index is 5.36. The lowest BCUT2D eigenvalue weighted by Gasteiger charge is -2.06. The Morgan fingerprint density at radius 3 is 2.55 bits per heavy atom. The van der Waals surface area contributed by atoms with Gasteiger partial charge in [0, 0.05) is 12.6 Å². The predicted molar refractivity (Wildman–Crippen MR) is 74.7 cm³/mol. The Morgan fingerprint density at radius 2 is 1.85 bits per heavy atom. The normalized spacial score (nSPS) is 10.9. The van der Waals surface area contributed by atoms with Crippen molar-refractivity contribution in [2.75, 3.05) is 0 Å². The summed E-state index contributed by atoms with van der Waals surface area (Å²) >= 11 is 1.52. The third-order valence-corrected chi connectivity index (χ3v) is 3.62. The van der Waals surface area contributed by atoms with Gasteiger partial charge in [-0.05, 0) is 19.1 Å². The van der Waals surface area contributed by atoms with Crippen LogP contribution >= 0.6 is 11.8 Å². The minimum Gasteiger partial charge on any atom is -0.425 e. The summed E-state index contributed by atoms with van der Waals surface area (Å²) in [6.07, 6.45) is 0. The Balaban J connectivity index is 1.84. The number of aryl methyl sites for hydroxylation is 2. The van der Waals surface area contributed by atoms with Gasteiger partial charge in [-0.15, -0.1) is 20.4 Å². The van der Waals surface area contributed by atoms with E-state index in [1.807, 2.05) is 41.8 Å². The first-order valence-electron chi connectivity index (χ1n) is 6.13. The summed E-state index contributed by atoms with van der Waals surface area (Å²) in [4.78, 5) is 0. The fraction of sp³-hybridized carbons (Fsp3) is 0.231. The van der Waals surface area contributed by atoms with Crippen molar-refractivity contribution >= 4 is 11.8 Å². The van der Waals surface area contributed by atoms with E-state index < -0.39 is 0 Å². The van der Waals surface area contributed by atoms with Crippen molar-refractivity contribution in [2.45, 2.75) is 24.8 Å². The molecule has 0 radical (unpaired) electrons. The first-order chi connectivity index (χ1) is 9.74. The first-order valence-corrected chi connectivity index (χ1v) is 7.12. The van der Waals surface area contributed by atoms with Crippen LogP contribution in [0, 0.1) is 13.8 Å². The number of thioether (sulfide) groups is 1. The highest BCUT2D eigenvalue weighted by atomic mass is 32.2. The van der Waals surface area contributed by atoms with Gasteiger partial charge >= 0.3 is 0 Å². The summed E-state index contributed by atoms with van der Waals surface area (Å²) < 4.78 is 7.36. The Hall–Kier alpha value is -2.15. The molecule has 0 saturated heterocycles. The molecule has 2 heterocycles. The summed E-state index contributed by atoms with van der Waals surface area (Å²) in [5.41, 5.74) is 1.04. The van der Waals surface area contributed by atoms with E-state index in [-0.39, 0.29) is 0 Å². The van der Waals surface area contributed by atoms with Gasteiger partial charge in [0.2, 0.25) is 11.8 Å². The zero-order valence-corrected chi connectivity index (χ0v) is 12.0. The highest BCUT2D eigenvalue weighted by Gasteiger charge is 2.12. The Labute approximate surface area is 120 Å². The van der Waals surface area contributed by atoms with Gasteiger partial charge in [0.25, 0.3) is 0 Å². The molecule has 3 rings (SSSR count). The van der Waals surface area contributed by atoms with Crippen molar-refractivity contribution in [3.63, 3.8) is 0 Å². The smallest absolute Gasteiger partial charge is 0.226 e. The number of hydrogen-bond acceptors (Lipinski definition) is 6. The van der Waals surface area contributed by atoms with Gasteiger partial charge in [-0.25, -0.2) is 0 Å². The average molecular weight is 287 g/mol. The van der Waals surface area contributed by atoms with Crippen LogP contribution in [0.3, 0.4) is 0 Å². The van der Waals surface area contributed by atoms with Crippen LogP contribution in [0.4, 0.5) is 0 Å².